The molecule has 0 amide bonds. The van der Waals surface area contributed by atoms with Crippen LogP contribution in [0.5, 0.6) is 0 Å². The maximum absolute atomic E-state index is 12.9. The summed E-state index contributed by atoms with van der Waals surface area (Å²) in [6.45, 7) is 3.58. The number of aryl methyl sites for hydroxylation is 1. The van der Waals surface area contributed by atoms with Crippen LogP contribution in [0.3, 0.4) is 0 Å². The van der Waals surface area contributed by atoms with Gasteiger partial charge in [0.15, 0.2) is 0 Å². The summed E-state index contributed by atoms with van der Waals surface area (Å²) < 4.78 is 32.0. The van der Waals surface area contributed by atoms with Crippen molar-refractivity contribution in [2.75, 3.05) is 33.8 Å². The van der Waals surface area contributed by atoms with Gasteiger partial charge in [0.1, 0.15) is 0 Å². The highest BCUT2D eigenvalue weighted by Gasteiger charge is 2.30. The zero-order valence-corrected chi connectivity index (χ0v) is 14.6. The monoisotopic (exact) mass is 340 g/mol. The Kier molecular flexibility index (Phi) is 5.78. The molecule has 1 saturated heterocycles. The van der Waals surface area contributed by atoms with Crippen LogP contribution in [-0.2, 0) is 14.8 Å². The minimum absolute atomic E-state index is 0.147. The zero-order chi connectivity index (χ0) is 17.0. The maximum atomic E-state index is 12.9. The van der Waals surface area contributed by atoms with Crippen LogP contribution in [0.15, 0.2) is 23.1 Å². The maximum Gasteiger partial charge on any atom is 0.338 e. The van der Waals surface area contributed by atoms with Gasteiger partial charge in [0.2, 0.25) is 10.0 Å². The molecule has 1 aromatic carbocycles. The molecule has 0 aliphatic carbocycles. The van der Waals surface area contributed by atoms with Gasteiger partial charge >= 0.3 is 5.97 Å². The molecule has 0 saturated carbocycles. The SMILES string of the molecule is CNCC1CCCN(S(=O)(=O)c2ccc(C)c(C(=O)OC)c2)C1. The third kappa shape index (κ3) is 3.91. The number of nitrogens with one attached hydrogen (secondary N) is 1. The average molecular weight is 340 g/mol. The molecule has 0 spiro atoms. The molecule has 0 aromatic heterocycles. The zero-order valence-electron chi connectivity index (χ0n) is 13.8. The molecule has 1 N–H and O–H groups in total. The lowest BCUT2D eigenvalue weighted by Crippen LogP contribution is -2.42. The number of ether oxygens (including phenoxy) is 1. The van der Waals surface area contributed by atoms with Crippen LogP contribution in [0, 0.1) is 12.8 Å². The Morgan fingerprint density at radius 3 is 2.83 bits per heavy atom. The van der Waals surface area contributed by atoms with Crippen LogP contribution in [0.4, 0.5) is 0 Å². The Labute approximate surface area is 137 Å². The van der Waals surface area contributed by atoms with Crippen molar-refractivity contribution >= 4 is 16.0 Å². The first kappa shape index (κ1) is 17.9. The van der Waals surface area contributed by atoms with Crippen molar-refractivity contribution in [3.8, 4) is 0 Å². The summed E-state index contributed by atoms with van der Waals surface area (Å²) in [6, 6.07) is 4.62. The molecule has 0 radical (unpaired) electrons. The number of hydrogen-bond donors (Lipinski definition) is 1. The summed E-state index contributed by atoms with van der Waals surface area (Å²) in [6.07, 6.45) is 1.87. The molecule has 1 fully saturated rings. The number of rotatable bonds is 5. The normalized spacial score (nSPS) is 19.5. The highest BCUT2D eigenvalue weighted by molar-refractivity contribution is 7.89. The van der Waals surface area contributed by atoms with E-state index in [0.717, 1.165) is 19.4 Å². The van der Waals surface area contributed by atoms with E-state index in [9.17, 15) is 13.2 Å². The van der Waals surface area contributed by atoms with E-state index in [2.05, 4.69) is 5.32 Å². The summed E-state index contributed by atoms with van der Waals surface area (Å²) in [4.78, 5) is 11.9. The molecule has 6 nitrogen and oxygen atoms in total. The highest BCUT2D eigenvalue weighted by atomic mass is 32.2. The molecule has 1 aliphatic rings. The first-order valence-electron chi connectivity index (χ1n) is 7.74. The molecule has 7 heteroatoms. The lowest BCUT2D eigenvalue weighted by atomic mass is 10.00. The summed E-state index contributed by atoms with van der Waals surface area (Å²) in [5, 5.41) is 3.11. The molecule has 128 valence electrons. The predicted molar refractivity (Wildman–Crippen MR) is 87.9 cm³/mol. The highest BCUT2D eigenvalue weighted by Crippen LogP contribution is 2.25. The quantitative estimate of drug-likeness (QED) is 0.820. The number of benzene rings is 1. The summed E-state index contributed by atoms with van der Waals surface area (Å²) >= 11 is 0. The Morgan fingerprint density at radius 2 is 2.17 bits per heavy atom. The number of piperidine rings is 1. The summed E-state index contributed by atoms with van der Waals surface area (Å²) in [5.74, 6) is -0.208. The van der Waals surface area contributed by atoms with E-state index >= 15 is 0 Å². The van der Waals surface area contributed by atoms with Crippen LogP contribution >= 0.6 is 0 Å². The topological polar surface area (TPSA) is 75.7 Å². The Bertz CT molecular complexity index is 671. The fourth-order valence-electron chi connectivity index (χ4n) is 2.94. The first-order valence-corrected chi connectivity index (χ1v) is 9.18. The van der Waals surface area contributed by atoms with E-state index in [1.165, 1.54) is 17.5 Å². The van der Waals surface area contributed by atoms with Crippen LogP contribution in [0.25, 0.3) is 0 Å². The van der Waals surface area contributed by atoms with Crippen LogP contribution in [0.1, 0.15) is 28.8 Å². The standard InChI is InChI=1S/C16H24N2O4S/c1-12-6-7-14(9-15(12)16(19)22-3)23(20,21)18-8-4-5-13(11-18)10-17-2/h6-7,9,13,17H,4-5,8,10-11H2,1-3H3. The lowest BCUT2D eigenvalue weighted by molar-refractivity contribution is 0.0599. The van der Waals surface area contributed by atoms with Gasteiger partial charge in [-0.05, 0) is 57.0 Å². The van der Waals surface area contributed by atoms with E-state index in [0.29, 0.717) is 24.6 Å². The third-order valence-corrected chi connectivity index (χ3v) is 6.09. The van der Waals surface area contributed by atoms with Gasteiger partial charge in [-0.2, -0.15) is 4.31 Å². The third-order valence-electron chi connectivity index (χ3n) is 4.23. The van der Waals surface area contributed by atoms with Gasteiger partial charge in [-0.3, -0.25) is 0 Å². The van der Waals surface area contributed by atoms with Crippen LogP contribution < -0.4 is 5.32 Å². The second kappa shape index (κ2) is 7.42. The van der Waals surface area contributed by atoms with Crippen molar-refractivity contribution in [1.29, 1.82) is 0 Å². The average Bonchev–Trinajstić information content (AvgIpc) is 2.55. The molecule has 23 heavy (non-hydrogen) atoms. The van der Waals surface area contributed by atoms with E-state index in [1.54, 1.807) is 19.1 Å². The number of carbonyl (C=O) groups excluding carboxylic acids is 1. The molecule has 0 bridgehead atoms. The summed E-state index contributed by atoms with van der Waals surface area (Å²) in [7, 11) is -0.438. The van der Waals surface area contributed by atoms with Crippen LogP contribution in [-0.4, -0.2) is 52.5 Å². The van der Waals surface area contributed by atoms with Crippen molar-refractivity contribution in [2.24, 2.45) is 5.92 Å². The smallest absolute Gasteiger partial charge is 0.338 e. The van der Waals surface area contributed by atoms with Gasteiger partial charge in [0, 0.05) is 13.1 Å². The second-order valence-corrected chi connectivity index (χ2v) is 7.84. The lowest BCUT2D eigenvalue weighted by Gasteiger charge is -2.32. The van der Waals surface area contributed by atoms with Crippen molar-refractivity contribution < 1.29 is 17.9 Å². The van der Waals surface area contributed by atoms with E-state index in [1.807, 2.05) is 7.05 Å². The number of carbonyl (C=O) groups is 1. The first-order chi connectivity index (χ1) is 10.9. The van der Waals surface area contributed by atoms with Gasteiger partial charge < -0.3 is 10.1 Å². The molecular formula is C16H24N2O4S. The number of methoxy groups -OCH3 is 1. The number of sulfonamides is 1. The number of esters is 1. The minimum atomic E-state index is -3.60. The van der Waals surface area contributed by atoms with Gasteiger partial charge in [-0.25, -0.2) is 13.2 Å². The number of nitrogens with zero attached hydrogens (tertiary/aromatic N) is 1. The van der Waals surface area contributed by atoms with E-state index in [4.69, 9.17) is 4.74 Å². The molecule has 1 aliphatic heterocycles. The van der Waals surface area contributed by atoms with Crippen molar-refractivity contribution in [2.45, 2.75) is 24.7 Å². The molecular weight excluding hydrogens is 316 g/mol. The van der Waals surface area contributed by atoms with Gasteiger partial charge in [0.25, 0.3) is 0 Å². The van der Waals surface area contributed by atoms with Gasteiger partial charge in [0.05, 0.1) is 17.6 Å². The molecule has 1 atom stereocenters. The van der Waals surface area contributed by atoms with E-state index in [-0.39, 0.29) is 10.5 Å². The molecule has 1 aromatic rings. The Morgan fingerprint density at radius 1 is 1.43 bits per heavy atom. The van der Waals surface area contributed by atoms with Crippen molar-refractivity contribution in [3.05, 3.63) is 29.3 Å². The number of hydrogen-bond acceptors (Lipinski definition) is 5. The van der Waals surface area contributed by atoms with Crippen LogP contribution in [0.2, 0.25) is 0 Å². The molecule has 2 rings (SSSR count). The largest absolute Gasteiger partial charge is 0.465 e. The van der Waals surface area contributed by atoms with Gasteiger partial charge in [-0.1, -0.05) is 6.07 Å². The van der Waals surface area contributed by atoms with E-state index < -0.39 is 16.0 Å². The minimum Gasteiger partial charge on any atom is -0.465 e. The molecule has 1 unspecified atom stereocenters. The Balaban J connectivity index is 2.30. The van der Waals surface area contributed by atoms with Crippen molar-refractivity contribution in [1.82, 2.24) is 9.62 Å². The van der Waals surface area contributed by atoms with Gasteiger partial charge in [-0.15, -0.1) is 0 Å². The predicted octanol–water partition coefficient (Wildman–Crippen LogP) is 1.40. The van der Waals surface area contributed by atoms with Crippen molar-refractivity contribution in [3.63, 3.8) is 0 Å². The molecule has 1 heterocycles. The fourth-order valence-corrected chi connectivity index (χ4v) is 4.52. The fraction of sp³-hybridized carbons (Fsp3) is 0.562. The Hall–Kier alpha value is -1.44. The second-order valence-electron chi connectivity index (χ2n) is 5.90. The summed E-state index contributed by atoms with van der Waals surface area (Å²) in [5.41, 5.74) is 0.986.